The molecule has 0 heterocycles. The molecule has 0 atom stereocenters. The number of hydrogen-bond donors (Lipinski definition) is 3. The predicted octanol–water partition coefficient (Wildman–Crippen LogP) is 0.272. The fourth-order valence-electron chi connectivity index (χ4n) is 1.38. The van der Waals surface area contributed by atoms with E-state index in [-0.39, 0.29) is 10.8 Å². The van der Waals surface area contributed by atoms with Gasteiger partial charge in [0.1, 0.15) is 0 Å². The Morgan fingerprint density at radius 1 is 1.28 bits per heavy atom. The molecule has 0 bridgehead atoms. The van der Waals surface area contributed by atoms with Gasteiger partial charge in [-0.15, -0.1) is 0 Å². The Hall–Kier alpha value is -1.44. The third-order valence-electron chi connectivity index (χ3n) is 2.30. The van der Waals surface area contributed by atoms with Gasteiger partial charge in [-0.05, 0) is 44.3 Å². The lowest BCUT2D eigenvalue weighted by Gasteiger charge is -2.05. The maximum atomic E-state index is 11.5. The quantitative estimate of drug-likeness (QED) is 0.646. The summed E-state index contributed by atoms with van der Waals surface area (Å²) in [6.07, 6.45) is 1.16. The molecule has 0 saturated heterocycles. The molecular weight excluding hydrogens is 254 g/mol. The van der Waals surface area contributed by atoms with E-state index in [4.69, 9.17) is 5.14 Å². The first-order chi connectivity index (χ1) is 8.43. The van der Waals surface area contributed by atoms with E-state index in [9.17, 15) is 13.2 Å². The van der Waals surface area contributed by atoms with E-state index < -0.39 is 10.0 Å². The van der Waals surface area contributed by atoms with Crippen molar-refractivity contribution >= 4 is 21.6 Å². The summed E-state index contributed by atoms with van der Waals surface area (Å²) < 4.78 is 22.0. The van der Waals surface area contributed by atoms with Gasteiger partial charge in [0.05, 0.1) is 4.90 Å². The van der Waals surface area contributed by atoms with Gasteiger partial charge in [0, 0.05) is 12.1 Å². The number of sulfonamides is 1. The first kappa shape index (κ1) is 14.6. The minimum atomic E-state index is -3.69. The van der Waals surface area contributed by atoms with Crippen LogP contribution in [0, 0.1) is 0 Å². The third-order valence-corrected chi connectivity index (χ3v) is 3.23. The Bertz CT molecular complexity index is 497. The Morgan fingerprint density at radius 2 is 1.89 bits per heavy atom. The fraction of sp³-hybridized carbons (Fsp3) is 0.364. The normalized spacial score (nSPS) is 11.2. The number of anilines is 1. The van der Waals surface area contributed by atoms with E-state index in [1.807, 2.05) is 7.05 Å². The average Bonchev–Trinajstić information content (AvgIpc) is 2.29. The highest BCUT2D eigenvalue weighted by Gasteiger charge is 2.07. The topological polar surface area (TPSA) is 101 Å². The SMILES string of the molecule is CNCCCC(=O)Nc1ccc(S(N)(=O)=O)cc1. The maximum Gasteiger partial charge on any atom is 0.238 e. The molecule has 0 aliphatic carbocycles. The van der Waals surface area contributed by atoms with Crippen molar-refractivity contribution in [2.24, 2.45) is 5.14 Å². The van der Waals surface area contributed by atoms with Gasteiger partial charge in [-0.2, -0.15) is 0 Å². The molecule has 6 nitrogen and oxygen atoms in total. The summed E-state index contributed by atoms with van der Waals surface area (Å²) in [6.45, 7) is 0.776. The van der Waals surface area contributed by atoms with Crippen LogP contribution in [0.1, 0.15) is 12.8 Å². The first-order valence-electron chi connectivity index (χ1n) is 5.51. The molecule has 1 aromatic rings. The molecule has 0 aliphatic rings. The zero-order valence-corrected chi connectivity index (χ0v) is 11.0. The highest BCUT2D eigenvalue weighted by molar-refractivity contribution is 7.89. The summed E-state index contributed by atoms with van der Waals surface area (Å²) in [5.74, 6) is -0.103. The highest BCUT2D eigenvalue weighted by atomic mass is 32.2. The Labute approximate surface area is 107 Å². The third kappa shape index (κ3) is 4.82. The van der Waals surface area contributed by atoms with Crippen LogP contribution in [0.25, 0.3) is 0 Å². The zero-order chi connectivity index (χ0) is 13.6. The van der Waals surface area contributed by atoms with Crippen molar-refractivity contribution in [2.75, 3.05) is 18.9 Å². The summed E-state index contributed by atoms with van der Waals surface area (Å²) in [6, 6.07) is 5.74. The molecule has 0 radical (unpaired) electrons. The minimum absolute atomic E-state index is 0.0238. The van der Waals surface area contributed by atoms with Crippen LogP contribution < -0.4 is 15.8 Å². The van der Waals surface area contributed by atoms with E-state index in [0.29, 0.717) is 12.1 Å². The van der Waals surface area contributed by atoms with Crippen molar-refractivity contribution in [3.8, 4) is 0 Å². The lowest BCUT2D eigenvalue weighted by Crippen LogP contribution is -2.15. The van der Waals surface area contributed by atoms with E-state index >= 15 is 0 Å². The molecule has 100 valence electrons. The second-order valence-electron chi connectivity index (χ2n) is 3.82. The number of amides is 1. The van der Waals surface area contributed by atoms with Crippen LogP contribution in [0.5, 0.6) is 0 Å². The van der Waals surface area contributed by atoms with Crippen LogP contribution in [0.3, 0.4) is 0 Å². The number of primary sulfonamides is 1. The van der Waals surface area contributed by atoms with Crippen molar-refractivity contribution < 1.29 is 13.2 Å². The molecular formula is C11H17N3O3S. The molecule has 1 rings (SSSR count). The van der Waals surface area contributed by atoms with Gasteiger partial charge in [0.15, 0.2) is 0 Å². The summed E-state index contributed by atoms with van der Waals surface area (Å²) in [4.78, 5) is 11.5. The van der Waals surface area contributed by atoms with Crippen LogP contribution in [0.2, 0.25) is 0 Å². The van der Waals surface area contributed by atoms with Gasteiger partial charge in [0.25, 0.3) is 0 Å². The Morgan fingerprint density at radius 3 is 2.39 bits per heavy atom. The van der Waals surface area contributed by atoms with Crippen LogP contribution in [0.4, 0.5) is 5.69 Å². The van der Waals surface area contributed by atoms with Crippen molar-refractivity contribution in [3.05, 3.63) is 24.3 Å². The largest absolute Gasteiger partial charge is 0.326 e. The average molecular weight is 271 g/mol. The fourth-order valence-corrected chi connectivity index (χ4v) is 1.89. The molecule has 0 fully saturated rings. The number of hydrogen-bond acceptors (Lipinski definition) is 4. The van der Waals surface area contributed by atoms with Crippen LogP contribution in [0.15, 0.2) is 29.2 Å². The van der Waals surface area contributed by atoms with Crippen LogP contribution >= 0.6 is 0 Å². The van der Waals surface area contributed by atoms with Crippen molar-refractivity contribution in [1.29, 1.82) is 0 Å². The van der Waals surface area contributed by atoms with E-state index in [1.54, 1.807) is 0 Å². The first-order valence-corrected chi connectivity index (χ1v) is 7.05. The summed E-state index contributed by atoms with van der Waals surface area (Å²) in [5.41, 5.74) is 0.553. The Kier molecular flexibility index (Phi) is 5.26. The molecule has 0 unspecified atom stereocenters. The molecule has 0 saturated carbocycles. The molecule has 4 N–H and O–H groups in total. The van der Waals surface area contributed by atoms with Gasteiger partial charge in [-0.3, -0.25) is 4.79 Å². The van der Waals surface area contributed by atoms with Crippen molar-refractivity contribution in [2.45, 2.75) is 17.7 Å². The lowest BCUT2D eigenvalue weighted by atomic mass is 10.2. The monoisotopic (exact) mass is 271 g/mol. The second kappa shape index (κ2) is 6.48. The summed E-state index contributed by atoms with van der Waals surface area (Å²) in [5, 5.41) is 10.6. The highest BCUT2D eigenvalue weighted by Crippen LogP contribution is 2.12. The number of rotatable bonds is 6. The minimum Gasteiger partial charge on any atom is -0.326 e. The van der Waals surface area contributed by atoms with Gasteiger partial charge in [-0.25, -0.2) is 13.6 Å². The zero-order valence-electron chi connectivity index (χ0n) is 10.1. The van der Waals surface area contributed by atoms with E-state index in [0.717, 1.165) is 13.0 Å². The van der Waals surface area contributed by atoms with E-state index in [2.05, 4.69) is 10.6 Å². The molecule has 7 heteroatoms. The standard InChI is InChI=1S/C11H17N3O3S/c1-13-8-2-3-11(15)14-9-4-6-10(7-5-9)18(12,16)17/h4-7,13H,2-3,8H2,1H3,(H,14,15)(H2,12,16,17). The number of nitrogens with two attached hydrogens (primary N) is 1. The molecule has 1 amide bonds. The number of carbonyl (C=O) groups is 1. The van der Waals surface area contributed by atoms with Gasteiger partial charge in [0.2, 0.25) is 15.9 Å². The van der Waals surface area contributed by atoms with Crippen LogP contribution in [-0.2, 0) is 14.8 Å². The van der Waals surface area contributed by atoms with Crippen molar-refractivity contribution in [1.82, 2.24) is 5.32 Å². The van der Waals surface area contributed by atoms with Gasteiger partial charge < -0.3 is 10.6 Å². The molecule has 0 aliphatic heterocycles. The smallest absolute Gasteiger partial charge is 0.238 e. The molecule has 0 aromatic heterocycles. The number of nitrogens with one attached hydrogen (secondary N) is 2. The molecule has 0 spiro atoms. The van der Waals surface area contributed by atoms with Gasteiger partial charge >= 0.3 is 0 Å². The lowest BCUT2D eigenvalue weighted by molar-refractivity contribution is -0.116. The number of carbonyl (C=O) groups excluding carboxylic acids is 1. The number of benzene rings is 1. The second-order valence-corrected chi connectivity index (χ2v) is 5.39. The molecule has 1 aromatic carbocycles. The maximum absolute atomic E-state index is 11.5. The van der Waals surface area contributed by atoms with Gasteiger partial charge in [-0.1, -0.05) is 0 Å². The summed E-state index contributed by atoms with van der Waals surface area (Å²) >= 11 is 0. The van der Waals surface area contributed by atoms with Crippen LogP contribution in [-0.4, -0.2) is 27.9 Å². The predicted molar refractivity (Wildman–Crippen MR) is 69.6 cm³/mol. The van der Waals surface area contributed by atoms with Crippen molar-refractivity contribution in [3.63, 3.8) is 0 Å². The summed E-state index contributed by atoms with van der Waals surface area (Å²) in [7, 11) is -1.86. The molecule has 18 heavy (non-hydrogen) atoms. The van der Waals surface area contributed by atoms with E-state index in [1.165, 1.54) is 24.3 Å². The Balaban J connectivity index is 2.56.